The number of likely N-dealkylation sites (tertiary alicyclic amines) is 1. The Kier molecular flexibility index (Phi) is 4.57. The lowest BCUT2D eigenvalue weighted by atomic mass is 9.98. The maximum absolute atomic E-state index is 13.1. The Morgan fingerprint density at radius 1 is 1.23 bits per heavy atom. The molecule has 0 radical (unpaired) electrons. The van der Waals surface area contributed by atoms with Crippen molar-refractivity contribution < 1.29 is 13.5 Å². The number of ether oxygens (including phenoxy) is 1. The van der Waals surface area contributed by atoms with Gasteiger partial charge >= 0.3 is 0 Å². The van der Waals surface area contributed by atoms with E-state index in [2.05, 4.69) is 15.0 Å². The summed E-state index contributed by atoms with van der Waals surface area (Å²) in [6, 6.07) is 4.20. The van der Waals surface area contributed by atoms with Gasteiger partial charge in [-0.2, -0.15) is 5.10 Å². The highest BCUT2D eigenvalue weighted by Crippen LogP contribution is 2.32. The van der Waals surface area contributed by atoms with Crippen LogP contribution in [-0.4, -0.2) is 63.7 Å². The summed E-state index contributed by atoms with van der Waals surface area (Å²) >= 11 is 0. The number of fused-ring (bicyclic) bond motifs is 1. The van der Waals surface area contributed by atoms with Gasteiger partial charge in [0.25, 0.3) is 5.92 Å². The molecule has 0 unspecified atom stereocenters. The lowest BCUT2D eigenvalue weighted by Crippen LogP contribution is -2.61. The van der Waals surface area contributed by atoms with E-state index >= 15 is 0 Å². The molecule has 3 aliphatic rings. The van der Waals surface area contributed by atoms with Crippen molar-refractivity contribution in [1.82, 2.24) is 19.7 Å². The highest BCUT2D eigenvalue weighted by atomic mass is 19.3. The first-order valence-electron chi connectivity index (χ1n) is 10.2. The molecule has 3 aliphatic heterocycles. The highest BCUT2D eigenvalue weighted by Gasteiger charge is 2.46. The number of allylic oxidation sites excluding steroid dienone is 1. The molecule has 1 N–H and O–H groups in total. The number of rotatable bonds is 3. The summed E-state index contributed by atoms with van der Waals surface area (Å²) in [5, 5.41) is 12.5. The summed E-state index contributed by atoms with van der Waals surface area (Å²) in [4.78, 5) is 8.72. The van der Waals surface area contributed by atoms with E-state index in [1.54, 1.807) is 10.9 Å². The largest absolute Gasteiger partial charge is 0.473 e. The van der Waals surface area contributed by atoms with Crippen LogP contribution in [0.4, 0.5) is 14.6 Å². The van der Waals surface area contributed by atoms with Crippen molar-refractivity contribution in [3.8, 4) is 5.69 Å². The number of pyridine rings is 1. The van der Waals surface area contributed by atoms with Crippen molar-refractivity contribution in [3.63, 3.8) is 0 Å². The Bertz CT molecular complexity index is 983. The molecule has 5 heterocycles. The Balaban J connectivity index is 1.25. The molecule has 7 nitrogen and oxygen atoms in total. The third-order valence-corrected chi connectivity index (χ3v) is 6.12. The van der Waals surface area contributed by atoms with Gasteiger partial charge in [-0.1, -0.05) is 6.08 Å². The van der Waals surface area contributed by atoms with Crippen molar-refractivity contribution in [2.75, 3.05) is 31.1 Å². The van der Waals surface area contributed by atoms with Gasteiger partial charge in [-0.05, 0) is 31.9 Å². The van der Waals surface area contributed by atoms with Gasteiger partial charge in [-0.25, -0.2) is 18.4 Å². The standard InChI is InChI=1S/C21H24F2N6O/c1-2-17-19-14(11-30-20(17)24)10-29(26-19)16-3-4-18(25-9-16)27-7-5-15(6-8-27)28-12-21(22,23)13-28/h2-4,9-10,15,24H,5-8,11-13H2,1H3/b17-2-,24-20?. The zero-order valence-electron chi connectivity index (χ0n) is 16.8. The van der Waals surface area contributed by atoms with Crippen LogP contribution in [0.3, 0.4) is 0 Å². The van der Waals surface area contributed by atoms with Crippen molar-refractivity contribution in [3.05, 3.63) is 41.9 Å². The number of nitrogens with zero attached hydrogens (tertiary/aromatic N) is 5. The van der Waals surface area contributed by atoms with Gasteiger partial charge in [0.2, 0.25) is 5.90 Å². The molecule has 0 saturated carbocycles. The molecule has 9 heteroatoms. The molecule has 2 aromatic heterocycles. The molecule has 2 fully saturated rings. The summed E-state index contributed by atoms with van der Waals surface area (Å²) in [5.41, 5.74) is 3.26. The Hall–Kier alpha value is -2.81. The first kappa shape index (κ1) is 19.2. The lowest BCUT2D eigenvalue weighted by molar-refractivity contribution is -0.148. The SMILES string of the molecule is C/C=C1\C(=N)OCc2cn(-c3ccc(N4CCC(N5CC(F)(F)C5)CC4)nc3)nc21. The fraction of sp³-hybridized carbons (Fsp3) is 0.476. The van der Waals surface area contributed by atoms with Crippen LogP contribution in [0.15, 0.2) is 30.6 Å². The average molecular weight is 414 g/mol. The first-order valence-corrected chi connectivity index (χ1v) is 10.2. The number of nitrogens with one attached hydrogen (secondary N) is 1. The summed E-state index contributed by atoms with van der Waals surface area (Å²) in [5.74, 6) is -1.46. The second kappa shape index (κ2) is 7.16. The molecule has 0 bridgehead atoms. The van der Waals surface area contributed by atoms with Crippen LogP contribution < -0.4 is 4.90 Å². The molecular formula is C21H24F2N6O. The van der Waals surface area contributed by atoms with E-state index in [0.29, 0.717) is 12.2 Å². The number of halogens is 2. The molecular weight excluding hydrogens is 390 g/mol. The molecule has 0 aliphatic carbocycles. The molecule has 0 aromatic carbocycles. The molecule has 0 amide bonds. The van der Waals surface area contributed by atoms with Crippen LogP contribution >= 0.6 is 0 Å². The summed E-state index contributed by atoms with van der Waals surface area (Å²) in [6.07, 6.45) is 7.30. The quantitative estimate of drug-likeness (QED) is 0.836. The smallest absolute Gasteiger partial charge is 0.272 e. The third kappa shape index (κ3) is 3.36. The molecule has 0 atom stereocenters. The van der Waals surface area contributed by atoms with E-state index in [1.807, 2.05) is 36.2 Å². The maximum atomic E-state index is 13.1. The Morgan fingerprint density at radius 3 is 2.63 bits per heavy atom. The summed E-state index contributed by atoms with van der Waals surface area (Å²) < 4.78 is 33.4. The van der Waals surface area contributed by atoms with Crippen LogP contribution in [0, 0.1) is 5.41 Å². The summed E-state index contributed by atoms with van der Waals surface area (Å²) in [7, 11) is 0. The van der Waals surface area contributed by atoms with Gasteiger partial charge < -0.3 is 9.64 Å². The fourth-order valence-electron chi connectivity index (χ4n) is 4.44. The molecule has 30 heavy (non-hydrogen) atoms. The number of piperidine rings is 1. The predicted octanol–water partition coefficient (Wildman–Crippen LogP) is 3.10. The molecule has 5 rings (SSSR count). The van der Waals surface area contributed by atoms with Gasteiger partial charge in [0.1, 0.15) is 18.1 Å². The van der Waals surface area contributed by atoms with Crippen molar-refractivity contribution in [2.45, 2.75) is 38.3 Å². The highest BCUT2D eigenvalue weighted by molar-refractivity contribution is 6.18. The van der Waals surface area contributed by atoms with Gasteiger partial charge in [0.05, 0.1) is 30.5 Å². The molecule has 2 aromatic rings. The van der Waals surface area contributed by atoms with Crippen LogP contribution in [0.2, 0.25) is 0 Å². The van der Waals surface area contributed by atoms with E-state index in [-0.39, 0.29) is 25.0 Å². The zero-order valence-corrected chi connectivity index (χ0v) is 16.8. The lowest BCUT2D eigenvalue weighted by Gasteiger charge is -2.46. The normalized spacial score (nSPS) is 23.2. The minimum absolute atomic E-state index is 0.0993. The minimum Gasteiger partial charge on any atom is -0.473 e. The van der Waals surface area contributed by atoms with Crippen molar-refractivity contribution >= 4 is 17.3 Å². The number of hydrogen-bond donors (Lipinski definition) is 1. The van der Waals surface area contributed by atoms with Crippen molar-refractivity contribution in [1.29, 1.82) is 5.41 Å². The second-order valence-electron chi connectivity index (χ2n) is 8.12. The molecule has 2 saturated heterocycles. The van der Waals surface area contributed by atoms with E-state index in [1.165, 1.54) is 0 Å². The number of anilines is 1. The van der Waals surface area contributed by atoms with E-state index in [4.69, 9.17) is 10.1 Å². The van der Waals surface area contributed by atoms with E-state index < -0.39 is 5.92 Å². The first-order chi connectivity index (χ1) is 14.4. The number of hydrogen-bond acceptors (Lipinski definition) is 6. The zero-order chi connectivity index (χ0) is 20.9. The van der Waals surface area contributed by atoms with Gasteiger partial charge in [0, 0.05) is 30.9 Å². The van der Waals surface area contributed by atoms with Crippen LogP contribution in [0.25, 0.3) is 11.3 Å². The monoisotopic (exact) mass is 414 g/mol. The molecule has 0 spiro atoms. The van der Waals surface area contributed by atoms with Crippen LogP contribution in [0.5, 0.6) is 0 Å². The fourth-order valence-corrected chi connectivity index (χ4v) is 4.44. The van der Waals surface area contributed by atoms with E-state index in [0.717, 1.165) is 48.7 Å². The van der Waals surface area contributed by atoms with Gasteiger partial charge in [-0.15, -0.1) is 0 Å². The maximum Gasteiger partial charge on any atom is 0.272 e. The predicted molar refractivity (Wildman–Crippen MR) is 109 cm³/mol. The summed E-state index contributed by atoms with van der Waals surface area (Å²) in [6.45, 7) is 3.65. The Labute approximate surface area is 173 Å². The minimum atomic E-state index is -2.50. The molecule has 158 valence electrons. The van der Waals surface area contributed by atoms with Crippen molar-refractivity contribution in [2.24, 2.45) is 0 Å². The topological polar surface area (TPSA) is 70.3 Å². The third-order valence-electron chi connectivity index (χ3n) is 6.12. The average Bonchev–Trinajstić information content (AvgIpc) is 3.16. The van der Waals surface area contributed by atoms with Crippen LogP contribution in [-0.2, 0) is 11.3 Å². The second-order valence-corrected chi connectivity index (χ2v) is 8.12. The number of aromatic nitrogens is 3. The van der Waals surface area contributed by atoms with Gasteiger partial charge in [-0.3, -0.25) is 10.3 Å². The number of alkyl halides is 2. The Morgan fingerprint density at radius 2 is 2.00 bits per heavy atom. The van der Waals surface area contributed by atoms with Crippen LogP contribution in [0.1, 0.15) is 31.0 Å². The van der Waals surface area contributed by atoms with E-state index in [9.17, 15) is 8.78 Å². The van der Waals surface area contributed by atoms with Gasteiger partial charge in [0.15, 0.2) is 0 Å².